The second-order valence-electron chi connectivity index (χ2n) is 17.9. The molecule has 0 aromatic carbocycles. The molecule has 0 aliphatic heterocycles. The zero-order valence-electron chi connectivity index (χ0n) is 41.2. The van der Waals surface area contributed by atoms with Crippen LogP contribution in [0.2, 0.25) is 0 Å². The summed E-state index contributed by atoms with van der Waals surface area (Å²) in [4.78, 5) is 41.2. The Morgan fingerprint density at radius 1 is 0.349 bits per heavy atom. The molecule has 0 bridgehead atoms. The fraction of sp³-hybridized carbons (Fsp3) is 0.737. The normalized spacial score (nSPS) is 14.4. The minimum absolute atomic E-state index is 0.112. The monoisotopic (exact) mass is 879 g/mol. The number of aliphatic hydroxyl groups excluding tert-OH is 1. The molecule has 6 heteroatoms. The fourth-order valence-electron chi connectivity index (χ4n) is 8.06. The predicted octanol–water partition coefficient (Wildman–Crippen LogP) is 15.6. The Hall–Kier alpha value is -2.67. The molecule has 0 aromatic heterocycles. The van der Waals surface area contributed by atoms with Gasteiger partial charge in [0, 0.05) is 19.3 Å². The van der Waals surface area contributed by atoms with Crippen LogP contribution in [-0.2, 0) is 14.4 Å². The van der Waals surface area contributed by atoms with Gasteiger partial charge in [0.25, 0.3) is 0 Å². The van der Waals surface area contributed by atoms with E-state index in [0.29, 0.717) is 19.3 Å². The molecule has 2 unspecified atom stereocenters. The SMILES string of the molecule is CC/C=C\C/C=C\C/C=C\CCCCCCCC(=O)C(O)(CO)C(O)(C(=O)CCCCCCC/C=C\C/C=C\C/C=C\CC)C(=O)CCCCCCCCCCCCCCCCC. The highest BCUT2D eigenvalue weighted by Crippen LogP contribution is 2.32. The van der Waals surface area contributed by atoms with E-state index in [0.717, 1.165) is 128 Å². The van der Waals surface area contributed by atoms with Crippen LogP contribution in [0.25, 0.3) is 0 Å². The van der Waals surface area contributed by atoms with Crippen LogP contribution in [0.3, 0.4) is 0 Å². The van der Waals surface area contributed by atoms with Crippen molar-refractivity contribution in [3.63, 3.8) is 0 Å². The number of carbonyl (C=O) groups is 3. The van der Waals surface area contributed by atoms with Crippen LogP contribution >= 0.6 is 0 Å². The van der Waals surface area contributed by atoms with Gasteiger partial charge in [0.15, 0.2) is 23.0 Å². The molecule has 0 amide bonds. The highest BCUT2D eigenvalue weighted by atomic mass is 16.4. The van der Waals surface area contributed by atoms with Gasteiger partial charge >= 0.3 is 0 Å². The Bertz CT molecular complexity index is 1270. The molecular weight excluding hydrogens is 781 g/mol. The van der Waals surface area contributed by atoms with Crippen LogP contribution < -0.4 is 0 Å². The maximum absolute atomic E-state index is 13.8. The van der Waals surface area contributed by atoms with E-state index in [9.17, 15) is 29.7 Å². The molecule has 0 saturated heterocycles. The molecule has 3 N–H and O–H groups in total. The van der Waals surface area contributed by atoms with E-state index in [1.807, 2.05) is 0 Å². The molecule has 0 radical (unpaired) electrons. The third-order valence-electron chi connectivity index (χ3n) is 12.2. The number of ketones is 3. The molecule has 0 spiro atoms. The highest BCUT2D eigenvalue weighted by Gasteiger charge is 2.62. The minimum atomic E-state index is -2.95. The summed E-state index contributed by atoms with van der Waals surface area (Å²) in [5.41, 5.74) is -5.80. The van der Waals surface area contributed by atoms with Crippen molar-refractivity contribution >= 4 is 17.3 Å². The van der Waals surface area contributed by atoms with Crippen molar-refractivity contribution in [2.45, 2.75) is 263 Å². The number of hydrogen-bond acceptors (Lipinski definition) is 6. The molecule has 0 fully saturated rings. The number of rotatable bonds is 47. The number of hydrogen-bond donors (Lipinski definition) is 3. The maximum atomic E-state index is 13.8. The summed E-state index contributed by atoms with van der Waals surface area (Å²) in [6.07, 6.45) is 59.7. The molecule has 2 atom stereocenters. The molecule has 6 nitrogen and oxygen atoms in total. The van der Waals surface area contributed by atoms with E-state index in [1.54, 1.807) is 0 Å². The second-order valence-corrected chi connectivity index (χ2v) is 17.9. The average molecular weight is 879 g/mol. The topological polar surface area (TPSA) is 112 Å². The van der Waals surface area contributed by atoms with Gasteiger partial charge in [-0.3, -0.25) is 14.4 Å². The predicted molar refractivity (Wildman–Crippen MR) is 270 cm³/mol. The van der Waals surface area contributed by atoms with Crippen molar-refractivity contribution in [1.29, 1.82) is 0 Å². The zero-order chi connectivity index (χ0) is 46.4. The van der Waals surface area contributed by atoms with Crippen molar-refractivity contribution in [3.8, 4) is 0 Å². The van der Waals surface area contributed by atoms with Crippen molar-refractivity contribution in [2.24, 2.45) is 0 Å². The molecule has 0 aromatic rings. The van der Waals surface area contributed by atoms with Crippen LogP contribution in [-0.4, -0.2) is 50.5 Å². The number of carbonyl (C=O) groups excluding carboxylic acids is 3. The van der Waals surface area contributed by atoms with Gasteiger partial charge in [0.05, 0.1) is 6.61 Å². The molecule has 362 valence electrons. The van der Waals surface area contributed by atoms with Crippen molar-refractivity contribution in [1.82, 2.24) is 0 Å². The van der Waals surface area contributed by atoms with E-state index >= 15 is 0 Å². The lowest BCUT2D eigenvalue weighted by Gasteiger charge is -2.39. The van der Waals surface area contributed by atoms with E-state index < -0.39 is 35.2 Å². The molecule has 0 saturated carbocycles. The van der Waals surface area contributed by atoms with Gasteiger partial charge in [0.2, 0.25) is 5.60 Å². The fourth-order valence-corrected chi connectivity index (χ4v) is 8.06. The zero-order valence-corrected chi connectivity index (χ0v) is 41.2. The quantitative estimate of drug-likeness (QED) is 0.0319. The van der Waals surface area contributed by atoms with Crippen molar-refractivity contribution in [3.05, 3.63) is 72.9 Å². The van der Waals surface area contributed by atoms with Gasteiger partial charge in [-0.2, -0.15) is 0 Å². The first-order valence-corrected chi connectivity index (χ1v) is 26.3. The van der Waals surface area contributed by atoms with E-state index in [-0.39, 0.29) is 19.3 Å². The third-order valence-corrected chi connectivity index (χ3v) is 12.2. The Morgan fingerprint density at radius 2 is 0.619 bits per heavy atom. The van der Waals surface area contributed by atoms with Crippen molar-refractivity contribution in [2.75, 3.05) is 6.61 Å². The summed E-state index contributed by atoms with van der Waals surface area (Å²) in [5.74, 6) is -2.52. The molecule has 0 rings (SSSR count). The molecule has 0 aliphatic rings. The van der Waals surface area contributed by atoms with Gasteiger partial charge in [-0.15, -0.1) is 0 Å². The molecule has 63 heavy (non-hydrogen) atoms. The van der Waals surface area contributed by atoms with Gasteiger partial charge in [-0.05, 0) is 83.5 Å². The number of Topliss-reactive ketones (excluding diaryl/α,β-unsaturated/α-hetero) is 3. The van der Waals surface area contributed by atoms with Crippen molar-refractivity contribution < 1.29 is 29.7 Å². The number of allylic oxidation sites excluding steroid dienone is 12. The largest absolute Gasteiger partial charge is 0.393 e. The van der Waals surface area contributed by atoms with Crippen LogP contribution in [0.1, 0.15) is 252 Å². The molecular formula is C57H98O6. The Balaban J connectivity index is 5.02. The standard InChI is InChI=1S/C57H98O6/c1-4-7-10-13-16-19-22-25-28-31-34-37-40-43-46-49-53(59)56(62,52-58)57(63,54(60)50-47-44-41-38-35-32-29-26-23-20-17-14-11-8-5-2)55(61)51-48-45-42-39-36-33-30-27-24-21-18-15-12-9-6-3/h7-8,10-11,16-17,19-20,25-26,28-29,58,62-63H,4-6,9,12-15,18,21-24,27,30-52H2,1-3H3/b10-7-,11-8-,19-16-,20-17-,28-25-,29-26-. The van der Waals surface area contributed by atoms with Crippen LogP contribution in [0, 0.1) is 0 Å². The summed E-state index contributed by atoms with van der Waals surface area (Å²) < 4.78 is 0. The summed E-state index contributed by atoms with van der Waals surface area (Å²) >= 11 is 0. The maximum Gasteiger partial charge on any atom is 0.219 e. The summed E-state index contributed by atoms with van der Waals surface area (Å²) in [6.45, 7) is 5.35. The molecule has 0 heterocycles. The van der Waals surface area contributed by atoms with E-state index in [2.05, 4.69) is 93.7 Å². The van der Waals surface area contributed by atoms with Gasteiger partial charge in [-0.1, -0.05) is 222 Å². The van der Waals surface area contributed by atoms with E-state index in [4.69, 9.17) is 0 Å². The average Bonchev–Trinajstić information content (AvgIpc) is 3.29. The number of aliphatic hydroxyl groups is 3. The summed E-state index contributed by atoms with van der Waals surface area (Å²) in [6, 6.07) is 0. The lowest BCUT2D eigenvalue weighted by molar-refractivity contribution is -0.194. The van der Waals surface area contributed by atoms with Crippen LogP contribution in [0.15, 0.2) is 72.9 Å². The highest BCUT2D eigenvalue weighted by molar-refractivity contribution is 6.16. The third kappa shape index (κ3) is 31.8. The number of unbranched alkanes of at least 4 members (excludes halogenated alkanes) is 24. The van der Waals surface area contributed by atoms with Gasteiger partial charge < -0.3 is 15.3 Å². The first-order chi connectivity index (χ1) is 30.8. The summed E-state index contributed by atoms with van der Waals surface area (Å²) in [7, 11) is 0. The van der Waals surface area contributed by atoms with Crippen LogP contribution in [0.5, 0.6) is 0 Å². The second kappa shape index (κ2) is 44.5. The summed E-state index contributed by atoms with van der Waals surface area (Å²) in [5, 5.41) is 34.1. The molecule has 0 aliphatic carbocycles. The van der Waals surface area contributed by atoms with Gasteiger partial charge in [-0.25, -0.2) is 0 Å². The smallest absolute Gasteiger partial charge is 0.219 e. The van der Waals surface area contributed by atoms with E-state index in [1.165, 1.54) is 64.2 Å². The first kappa shape index (κ1) is 60.3. The van der Waals surface area contributed by atoms with Crippen LogP contribution in [0.4, 0.5) is 0 Å². The Kier molecular flexibility index (Phi) is 42.6. The lowest BCUT2D eigenvalue weighted by Crippen LogP contribution is -2.69. The Labute approximate surface area is 388 Å². The van der Waals surface area contributed by atoms with Gasteiger partial charge in [0.1, 0.15) is 0 Å². The Morgan fingerprint density at radius 3 is 0.937 bits per heavy atom. The lowest BCUT2D eigenvalue weighted by atomic mass is 9.71. The minimum Gasteiger partial charge on any atom is -0.393 e. The first-order valence-electron chi connectivity index (χ1n) is 26.3.